The Morgan fingerprint density at radius 2 is 0.771 bits per heavy atom. The van der Waals surface area contributed by atoms with Gasteiger partial charge in [0.05, 0.1) is 45.3 Å². The van der Waals surface area contributed by atoms with Crippen LogP contribution in [0.15, 0.2) is 158 Å². The van der Waals surface area contributed by atoms with Crippen LogP contribution >= 0.6 is 0 Å². The Kier molecular flexibility index (Phi) is 6.22. The van der Waals surface area contributed by atoms with E-state index in [1.54, 1.807) is 0 Å². The van der Waals surface area contributed by atoms with E-state index < -0.39 is 0 Å². The Morgan fingerprint density at radius 3 is 1.27 bits per heavy atom. The number of nitrogens with zero attached hydrogens (tertiary/aromatic N) is 4. The highest BCUT2D eigenvalue weighted by atomic mass is 15.0. The molecule has 0 saturated carbocycles. The molecule has 0 aliphatic heterocycles. The van der Waals surface area contributed by atoms with Gasteiger partial charge in [-0.2, -0.15) is 10.5 Å². The van der Waals surface area contributed by atoms with Crippen LogP contribution < -0.4 is 0 Å². The summed E-state index contributed by atoms with van der Waals surface area (Å²) in [7, 11) is 0. The van der Waals surface area contributed by atoms with Crippen molar-refractivity contribution in [2.75, 3.05) is 0 Å². The number of fused-ring (bicyclic) bond motifs is 6. The lowest BCUT2D eigenvalue weighted by Gasteiger charge is -2.14. The molecule has 9 aromatic rings. The summed E-state index contributed by atoms with van der Waals surface area (Å²) in [6.45, 7) is 0. The Hall–Kier alpha value is -6.88. The number of para-hydroxylation sites is 3. The molecule has 9 rings (SSSR count). The van der Waals surface area contributed by atoms with E-state index in [2.05, 4.69) is 137 Å². The summed E-state index contributed by atoms with van der Waals surface area (Å²) in [5.41, 5.74) is 11.2. The average Bonchev–Trinajstić information content (AvgIpc) is 3.67. The molecule has 0 fully saturated rings. The maximum atomic E-state index is 10.2. The molecule has 0 N–H and O–H groups in total. The summed E-state index contributed by atoms with van der Waals surface area (Å²) in [5.74, 6) is 0. The topological polar surface area (TPSA) is 57.4 Å². The van der Waals surface area contributed by atoms with Crippen molar-refractivity contribution in [1.82, 2.24) is 9.13 Å². The first kappa shape index (κ1) is 27.4. The van der Waals surface area contributed by atoms with Crippen molar-refractivity contribution < 1.29 is 0 Å². The van der Waals surface area contributed by atoms with Crippen molar-refractivity contribution in [3.63, 3.8) is 0 Å². The zero-order chi connectivity index (χ0) is 32.2. The Balaban J connectivity index is 1.27. The van der Waals surface area contributed by atoms with Gasteiger partial charge in [0.15, 0.2) is 0 Å². The number of benzene rings is 7. The first-order chi connectivity index (χ1) is 23.7. The van der Waals surface area contributed by atoms with E-state index >= 15 is 0 Å². The molecule has 0 saturated heterocycles. The third kappa shape index (κ3) is 4.29. The number of nitriles is 2. The monoisotopic (exact) mass is 610 g/mol. The van der Waals surface area contributed by atoms with Crippen LogP contribution in [0.4, 0.5) is 0 Å². The predicted octanol–water partition coefficient (Wildman–Crippen LogP) is 11.0. The van der Waals surface area contributed by atoms with Crippen LogP contribution in [0.25, 0.3) is 77.2 Å². The normalized spacial score (nSPS) is 11.3. The first-order valence-electron chi connectivity index (χ1n) is 15.9. The van der Waals surface area contributed by atoms with E-state index in [1.807, 2.05) is 42.5 Å². The number of aromatic nitrogens is 2. The van der Waals surface area contributed by atoms with Gasteiger partial charge < -0.3 is 9.13 Å². The Labute approximate surface area is 277 Å². The van der Waals surface area contributed by atoms with E-state index in [0.29, 0.717) is 11.1 Å². The highest BCUT2D eigenvalue weighted by Gasteiger charge is 2.17. The zero-order valence-electron chi connectivity index (χ0n) is 25.8. The van der Waals surface area contributed by atoms with Crippen LogP contribution in [0, 0.1) is 22.7 Å². The fourth-order valence-electron chi connectivity index (χ4n) is 7.20. The maximum absolute atomic E-state index is 10.2. The second-order valence-electron chi connectivity index (χ2n) is 12.1. The van der Waals surface area contributed by atoms with Gasteiger partial charge in [0.1, 0.15) is 0 Å². The van der Waals surface area contributed by atoms with Crippen molar-refractivity contribution in [3.05, 3.63) is 169 Å². The predicted molar refractivity (Wildman–Crippen MR) is 195 cm³/mol. The Morgan fingerprint density at radius 1 is 0.333 bits per heavy atom. The summed E-state index contributed by atoms with van der Waals surface area (Å²) in [6, 6.07) is 58.9. The summed E-state index contributed by atoms with van der Waals surface area (Å²) in [6.07, 6.45) is 0. The van der Waals surface area contributed by atoms with Crippen molar-refractivity contribution in [1.29, 1.82) is 10.5 Å². The molecule has 48 heavy (non-hydrogen) atoms. The molecule has 0 unspecified atom stereocenters. The van der Waals surface area contributed by atoms with E-state index in [1.165, 1.54) is 5.56 Å². The van der Waals surface area contributed by atoms with Crippen LogP contribution in [-0.4, -0.2) is 9.13 Å². The van der Waals surface area contributed by atoms with Crippen molar-refractivity contribution in [2.24, 2.45) is 0 Å². The van der Waals surface area contributed by atoms with Gasteiger partial charge in [0.2, 0.25) is 0 Å². The van der Waals surface area contributed by atoms with Gasteiger partial charge in [0.25, 0.3) is 0 Å². The van der Waals surface area contributed by atoms with Crippen molar-refractivity contribution in [2.45, 2.75) is 0 Å². The molecule has 222 valence electrons. The van der Waals surface area contributed by atoms with E-state index in [0.717, 1.165) is 71.7 Å². The molecule has 0 spiro atoms. The minimum absolute atomic E-state index is 0.551. The minimum atomic E-state index is 0.551. The third-order valence-corrected chi connectivity index (χ3v) is 9.30. The molecule has 4 nitrogen and oxygen atoms in total. The lowest BCUT2D eigenvalue weighted by atomic mass is 9.99. The standard InChI is InChI=1S/C44H26N4/c45-27-29-20-33(24-35(22-29)47-41-15-7-4-12-37(41)38-13-5-8-16-42(38)47)34-21-30(28-46)23-36(25-34)48-43-17-9-6-14-39(43)40-26-32(18-19-44(40)48)31-10-2-1-3-11-31/h1-26H. The molecule has 0 atom stereocenters. The van der Waals surface area contributed by atoms with Gasteiger partial charge >= 0.3 is 0 Å². The van der Waals surface area contributed by atoms with Gasteiger partial charge in [-0.3, -0.25) is 0 Å². The molecule has 0 amide bonds. The fourth-order valence-corrected chi connectivity index (χ4v) is 7.20. The molecule has 2 aromatic heterocycles. The van der Waals surface area contributed by atoms with Crippen LogP contribution in [0.3, 0.4) is 0 Å². The average molecular weight is 611 g/mol. The zero-order valence-corrected chi connectivity index (χ0v) is 25.8. The van der Waals surface area contributed by atoms with E-state index in [9.17, 15) is 10.5 Å². The molecule has 0 bridgehead atoms. The van der Waals surface area contributed by atoms with Crippen LogP contribution in [0.2, 0.25) is 0 Å². The summed E-state index contributed by atoms with van der Waals surface area (Å²) < 4.78 is 4.47. The highest BCUT2D eigenvalue weighted by Crippen LogP contribution is 2.38. The second kappa shape index (κ2) is 10.9. The SMILES string of the molecule is N#Cc1cc(-c2cc(C#N)cc(-n3c4ccccc4c4cc(-c5ccccc5)ccc43)c2)cc(-n2c3ccccc3c3ccccc32)c1. The van der Waals surface area contributed by atoms with Gasteiger partial charge in [0, 0.05) is 32.9 Å². The number of hydrogen-bond donors (Lipinski definition) is 0. The third-order valence-electron chi connectivity index (χ3n) is 9.30. The fraction of sp³-hybridized carbons (Fsp3) is 0. The van der Waals surface area contributed by atoms with Gasteiger partial charge in [-0.1, -0.05) is 91.0 Å². The summed E-state index contributed by atoms with van der Waals surface area (Å²) in [5, 5.41) is 25.1. The summed E-state index contributed by atoms with van der Waals surface area (Å²) >= 11 is 0. The molecular weight excluding hydrogens is 585 g/mol. The van der Waals surface area contributed by atoms with Gasteiger partial charge in [-0.15, -0.1) is 0 Å². The van der Waals surface area contributed by atoms with E-state index in [-0.39, 0.29) is 0 Å². The molecule has 2 heterocycles. The lowest BCUT2D eigenvalue weighted by Crippen LogP contribution is -1.98. The molecule has 4 heteroatoms. The molecule has 0 aliphatic rings. The van der Waals surface area contributed by atoms with Crippen LogP contribution in [0.5, 0.6) is 0 Å². The minimum Gasteiger partial charge on any atom is -0.309 e. The smallest absolute Gasteiger partial charge is 0.0992 e. The van der Waals surface area contributed by atoms with Gasteiger partial charge in [-0.25, -0.2) is 0 Å². The number of rotatable bonds is 4. The highest BCUT2D eigenvalue weighted by molar-refractivity contribution is 6.11. The Bertz CT molecular complexity index is 2750. The summed E-state index contributed by atoms with van der Waals surface area (Å²) in [4.78, 5) is 0. The second-order valence-corrected chi connectivity index (χ2v) is 12.1. The molecule has 0 aliphatic carbocycles. The van der Waals surface area contributed by atoms with Crippen LogP contribution in [0.1, 0.15) is 11.1 Å². The van der Waals surface area contributed by atoms with Crippen molar-refractivity contribution in [3.8, 4) is 45.8 Å². The first-order valence-corrected chi connectivity index (χ1v) is 15.9. The van der Waals surface area contributed by atoms with E-state index in [4.69, 9.17) is 0 Å². The van der Waals surface area contributed by atoms with Gasteiger partial charge in [-0.05, 0) is 89.0 Å². The van der Waals surface area contributed by atoms with Crippen LogP contribution in [-0.2, 0) is 0 Å². The molecule has 0 radical (unpaired) electrons. The quantitative estimate of drug-likeness (QED) is 0.199. The molecule has 7 aromatic carbocycles. The largest absolute Gasteiger partial charge is 0.309 e. The lowest BCUT2D eigenvalue weighted by molar-refractivity contribution is 1.17. The maximum Gasteiger partial charge on any atom is 0.0992 e. The number of hydrogen-bond acceptors (Lipinski definition) is 2. The molecular formula is C44H26N4. The van der Waals surface area contributed by atoms with Crippen molar-refractivity contribution >= 4 is 43.6 Å².